The Kier molecular flexibility index (Phi) is 4.20. The Labute approximate surface area is 122 Å². The van der Waals surface area contributed by atoms with Crippen LogP contribution in [0.4, 0.5) is 5.82 Å². The molecule has 1 aromatic carbocycles. The molecule has 0 saturated carbocycles. The minimum atomic E-state index is 0.504. The lowest BCUT2D eigenvalue weighted by Gasteiger charge is -2.12. The van der Waals surface area contributed by atoms with E-state index >= 15 is 0 Å². The predicted molar refractivity (Wildman–Crippen MR) is 82.9 cm³/mol. The van der Waals surface area contributed by atoms with Crippen molar-refractivity contribution in [3.63, 3.8) is 0 Å². The van der Waals surface area contributed by atoms with Crippen LogP contribution in [0.5, 0.6) is 0 Å². The van der Waals surface area contributed by atoms with E-state index in [9.17, 15) is 0 Å². The van der Waals surface area contributed by atoms with Crippen LogP contribution in [0, 0.1) is 12.8 Å². The summed E-state index contributed by atoms with van der Waals surface area (Å²) in [7, 11) is 0. The summed E-state index contributed by atoms with van der Waals surface area (Å²) in [5.41, 5.74) is 9.15. The molecule has 0 aliphatic heterocycles. The zero-order valence-electron chi connectivity index (χ0n) is 11.4. The standard InChI is InChI=1S/C15H18BrN3/c1-9(2)8-12-13(16)14(17)19-15(18-12)11-7-5-4-6-10(11)3/h4-7,9H,8H2,1-3H3,(H2,17,18,19). The molecule has 19 heavy (non-hydrogen) atoms. The van der Waals surface area contributed by atoms with Crippen molar-refractivity contribution < 1.29 is 0 Å². The number of rotatable bonds is 3. The largest absolute Gasteiger partial charge is 0.383 e. The number of aryl methyl sites for hydroxylation is 1. The fourth-order valence-electron chi connectivity index (χ4n) is 1.98. The molecule has 0 amide bonds. The van der Waals surface area contributed by atoms with Gasteiger partial charge >= 0.3 is 0 Å². The fourth-order valence-corrected chi connectivity index (χ4v) is 2.32. The van der Waals surface area contributed by atoms with Crippen molar-refractivity contribution in [2.45, 2.75) is 27.2 Å². The zero-order chi connectivity index (χ0) is 14.0. The van der Waals surface area contributed by atoms with Crippen LogP contribution in [-0.4, -0.2) is 9.97 Å². The first-order chi connectivity index (χ1) is 8.99. The summed E-state index contributed by atoms with van der Waals surface area (Å²) in [5.74, 6) is 1.73. The highest BCUT2D eigenvalue weighted by Crippen LogP contribution is 2.28. The van der Waals surface area contributed by atoms with Gasteiger partial charge < -0.3 is 5.73 Å². The highest BCUT2D eigenvalue weighted by atomic mass is 79.9. The first-order valence-corrected chi connectivity index (χ1v) is 7.16. The Hall–Kier alpha value is -1.42. The molecule has 2 aromatic rings. The Balaban J connectivity index is 2.54. The third kappa shape index (κ3) is 3.13. The van der Waals surface area contributed by atoms with Gasteiger partial charge in [-0.1, -0.05) is 38.1 Å². The molecule has 0 bridgehead atoms. The Morgan fingerprint density at radius 1 is 1.21 bits per heavy atom. The summed E-state index contributed by atoms with van der Waals surface area (Å²) in [5, 5.41) is 0. The van der Waals surface area contributed by atoms with Gasteiger partial charge in [0.2, 0.25) is 0 Å². The molecule has 3 nitrogen and oxygen atoms in total. The number of halogens is 1. The predicted octanol–water partition coefficient (Wildman–Crippen LogP) is 4.00. The average molecular weight is 320 g/mol. The first-order valence-electron chi connectivity index (χ1n) is 6.37. The molecular formula is C15H18BrN3. The monoisotopic (exact) mass is 319 g/mol. The lowest BCUT2D eigenvalue weighted by molar-refractivity contribution is 0.633. The van der Waals surface area contributed by atoms with Gasteiger partial charge in [0.15, 0.2) is 5.82 Å². The summed E-state index contributed by atoms with van der Waals surface area (Å²) in [6.07, 6.45) is 0.881. The summed E-state index contributed by atoms with van der Waals surface area (Å²) >= 11 is 3.48. The lowest BCUT2D eigenvalue weighted by Crippen LogP contribution is -2.06. The number of nitrogen functional groups attached to an aromatic ring is 1. The molecule has 4 heteroatoms. The average Bonchev–Trinajstić information content (AvgIpc) is 2.35. The van der Waals surface area contributed by atoms with Gasteiger partial charge in [0.05, 0.1) is 10.2 Å². The maximum Gasteiger partial charge on any atom is 0.162 e. The van der Waals surface area contributed by atoms with E-state index in [0.717, 1.165) is 27.7 Å². The van der Waals surface area contributed by atoms with Gasteiger partial charge in [-0.3, -0.25) is 0 Å². The quantitative estimate of drug-likeness (QED) is 0.930. The van der Waals surface area contributed by atoms with E-state index in [1.807, 2.05) is 18.2 Å². The molecule has 0 atom stereocenters. The van der Waals surface area contributed by atoms with Crippen LogP contribution in [0.1, 0.15) is 25.1 Å². The van der Waals surface area contributed by atoms with Crippen LogP contribution in [0.15, 0.2) is 28.7 Å². The Morgan fingerprint density at radius 3 is 2.53 bits per heavy atom. The smallest absolute Gasteiger partial charge is 0.162 e. The van der Waals surface area contributed by atoms with Gasteiger partial charge in [-0.05, 0) is 40.8 Å². The van der Waals surface area contributed by atoms with Crippen LogP contribution in [-0.2, 0) is 6.42 Å². The summed E-state index contributed by atoms with van der Waals surface area (Å²) < 4.78 is 0.818. The number of nitrogens with two attached hydrogens (primary N) is 1. The number of anilines is 1. The highest BCUT2D eigenvalue weighted by Gasteiger charge is 2.13. The van der Waals surface area contributed by atoms with Crippen LogP contribution in [0.25, 0.3) is 11.4 Å². The molecular weight excluding hydrogens is 302 g/mol. The van der Waals surface area contributed by atoms with Crippen molar-refractivity contribution in [3.05, 3.63) is 40.0 Å². The van der Waals surface area contributed by atoms with Crippen molar-refractivity contribution in [1.29, 1.82) is 0 Å². The van der Waals surface area contributed by atoms with Crippen molar-refractivity contribution in [1.82, 2.24) is 9.97 Å². The summed E-state index contributed by atoms with van der Waals surface area (Å²) in [4.78, 5) is 9.06. The van der Waals surface area contributed by atoms with E-state index in [1.165, 1.54) is 0 Å². The number of nitrogens with zero attached hydrogens (tertiary/aromatic N) is 2. The SMILES string of the molecule is Cc1ccccc1-c1nc(N)c(Br)c(CC(C)C)n1. The fraction of sp³-hybridized carbons (Fsp3) is 0.333. The van der Waals surface area contributed by atoms with Gasteiger partial charge in [0, 0.05) is 5.56 Å². The maximum absolute atomic E-state index is 5.99. The van der Waals surface area contributed by atoms with E-state index < -0.39 is 0 Å². The number of benzene rings is 1. The molecule has 0 aliphatic rings. The molecule has 1 heterocycles. The molecule has 2 N–H and O–H groups in total. The molecule has 0 aliphatic carbocycles. The Morgan fingerprint density at radius 2 is 1.89 bits per heavy atom. The van der Waals surface area contributed by atoms with Crippen LogP contribution in [0.3, 0.4) is 0 Å². The van der Waals surface area contributed by atoms with Crippen molar-refractivity contribution in [2.24, 2.45) is 5.92 Å². The second kappa shape index (κ2) is 5.70. The summed E-state index contributed by atoms with van der Waals surface area (Å²) in [6.45, 7) is 6.38. The maximum atomic E-state index is 5.99. The lowest BCUT2D eigenvalue weighted by atomic mass is 10.1. The second-order valence-corrected chi connectivity index (χ2v) is 5.90. The third-order valence-corrected chi connectivity index (χ3v) is 3.80. The van der Waals surface area contributed by atoms with Crippen molar-refractivity contribution in [2.75, 3.05) is 5.73 Å². The molecule has 0 fully saturated rings. The molecule has 0 spiro atoms. The topological polar surface area (TPSA) is 51.8 Å². The highest BCUT2D eigenvalue weighted by molar-refractivity contribution is 9.10. The van der Waals surface area contributed by atoms with E-state index in [2.05, 4.69) is 52.7 Å². The van der Waals surface area contributed by atoms with E-state index in [0.29, 0.717) is 17.6 Å². The molecule has 0 saturated heterocycles. The van der Waals surface area contributed by atoms with Gasteiger partial charge in [0.25, 0.3) is 0 Å². The van der Waals surface area contributed by atoms with Crippen LogP contribution < -0.4 is 5.73 Å². The number of aromatic nitrogens is 2. The molecule has 0 unspecified atom stereocenters. The molecule has 0 radical (unpaired) electrons. The van der Waals surface area contributed by atoms with Gasteiger partial charge in [-0.2, -0.15) is 0 Å². The second-order valence-electron chi connectivity index (χ2n) is 5.11. The van der Waals surface area contributed by atoms with E-state index in [4.69, 9.17) is 5.73 Å². The number of hydrogen-bond acceptors (Lipinski definition) is 3. The minimum absolute atomic E-state index is 0.504. The molecule has 2 rings (SSSR count). The van der Waals surface area contributed by atoms with Gasteiger partial charge in [0.1, 0.15) is 5.82 Å². The first kappa shape index (κ1) is 14.0. The van der Waals surface area contributed by atoms with E-state index in [-0.39, 0.29) is 0 Å². The number of hydrogen-bond donors (Lipinski definition) is 1. The van der Waals surface area contributed by atoms with Gasteiger partial charge in [-0.15, -0.1) is 0 Å². The van der Waals surface area contributed by atoms with Crippen molar-refractivity contribution >= 4 is 21.7 Å². The zero-order valence-corrected chi connectivity index (χ0v) is 13.0. The van der Waals surface area contributed by atoms with Gasteiger partial charge in [-0.25, -0.2) is 9.97 Å². The van der Waals surface area contributed by atoms with E-state index in [1.54, 1.807) is 0 Å². The molecule has 1 aromatic heterocycles. The third-order valence-electron chi connectivity index (χ3n) is 2.93. The summed E-state index contributed by atoms with van der Waals surface area (Å²) in [6, 6.07) is 8.08. The minimum Gasteiger partial charge on any atom is -0.383 e. The van der Waals surface area contributed by atoms with Crippen LogP contribution in [0.2, 0.25) is 0 Å². The molecule has 100 valence electrons. The van der Waals surface area contributed by atoms with Crippen LogP contribution >= 0.6 is 15.9 Å². The Bertz CT molecular complexity index is 594. The van der Waals surface area contributed by atoms with Crippen molar-refractivity contribution in [3.8, 4) is 11.4 Å². The normalized spacial score (nSPS) is 11.0.